The molecule has 3 rings (SSSR count). The van der Waals surface area contributed by atoms with Gasteiger partial charge in [0.2, 0.25) is 0 Å². The second-order valence-corrected chi connectivity index (χ2v) is 6.94. The largest absolute Gasteiger partial charge is 0.497 e. The van der Waals surface area contributed by atoms with E-state index < -0.39 is 0 Å². The van der Waals surface area contributed by atoms with Crippen molar-refractivity contribution < 1.29 is 19.0 Å². The van der Waals surface area contributed by atoms with Gasteiger partial charge in [0.1, 0.15) is 17.2 Å². The van der Waals surface area contributed by atoms with E-state index in [0.29, 0.717) is 28.8 Å². The molecular weight excluding hydrogens is 364 g/mol. The number of carbonyl (C=O) groups excluding carboxylic acids is 1. The van der Waals surface area contributed by atoms with Crippen molar-refractivity contribution in [2.75, 3.05) is 26.1 Å². The molecule has 0 spiro atoms. The zero-order chi connectivity index (χ0) is 19.2. The number of anilines is 1. The first-order chi connectivity index (χ1) is 13.1. The van der Waals surface area contributed by atoms with Crippen LogP contribution in [0.25, 0.3) is 10.2 Å². The Hall–Kier alpha value is -2.80. The van der Waals surface area contributed by atoms with Crippen LogP contribution in [0.3, 0.4) is 0 Å². The van der Waals surface area contributed by atoms with Crippen molar-refractivity contribution in [1.29, 1.82) is 0 Å². The van der Waals surface area contributed by atoms with Crippen LogP contribution in [0.15, 0.2) is 36.4 Å². The van der Waals surface area contributed by atoms with E-state index >= 15 is 0 Å². The van der Waals surface area contributed by atoms with Gasteiger partial charge in [-0.25, -0.2) is 4.98 Å². The highest BCUT2D eigenvalue weighted by atomic mass is 32.1. The molecule has 1 amide bonds. The number of aromatic nitrogens is 1. The van der Waals surface area contributed by atoms with E-state index in [1.807, 2.05) is 18.2 Å². The van der Waals surface area contributed by atoms with Gasteiger partial charge in [-0.3, -0.25) is 10.1 Å². The average Bonchev–Trinajstić information content (AvgIpc) is 3.09. The zero-order valence-electron chi connectivity index (χ0n) is 15.6. The maximum atomic E-state index is 12.6. The number of amides is 1. The van der Waals surface area contributed by atoms with Gasteiger partial charge in [-0.1, -0.05) is 24.7 Å². The Morgan fingerprint density at radius 2 is 1.81 bits per heavy atom. The molecule has 2 aromatic carbocycles. The molecule has 0 radical (unpaired) electrons. The van der Waals surface area contributed by atoms with E-state index in [1.165, 1.54) is 11.3 Å². The van der Waals surface area contributed by atoms with Crippen molar-refractivity contribution >= 4 is 32.6 Å². The van der Waals surface area contributed by atoms with Gasteiger partial charge in [0.05, 0.1) is 31.0 Å². The average molecular weight is 386 g/mol. The summed E-state index contributed by atoms with van der Waals surface area (Å²) >= 11 is 1.41. The summed E-state index contributed by atoms with van der Waals surface area (Å²) in [5, 5.41) is 3.37. The van der Waals surface area contributed by atoms with Gasteiger partial charge in [-0.15, -0.1) is 0 Å². The van der Waals surface area contributed by atoms with Crippen molar-refractivity contribution in [2.45, 2.75) is 19.8 Å². The van der Waals surface area contributed by atoms with Crippen LogP contribution in [0, 0.1) is 0 Å². The number of fused-ring (bicyclic) bond motifs is 1. The third kappa shape index (κ3) is 4.68. The zero-order valence-corrected chi connectivity index (χ0v) is 16.4. The Kier molecular flexibility index (Phi) is 6.13. The molecule has 7 heteroatoms. The van der Waals surface area contributed by atoms with E-state index in [4.69, 9.17) is 14.2 Å². The summed E-state index contributed by atoms with van der Waals surface area (Å²) in [6.45, 7) is 2.82. The third-order valence-electron chi connectivity index (χ3n) is 3.96. The van der Waals surface area contributed by atoms with Gasteiger partial charge in [-0.05, 0) is 36.8 Å². The number of nitrogens with one attached hydrogen (secondary N) is 1. The number of hydrogen-bond acceptors (Lipinski definition) is 6. The van der Waals surface area contributed by atoms with E-state index in [9.17, 15) is 4.79 Å². The normalized spacial score (nSPS) is 10.6. The number of thiazole rings is 1. The lowest BCUT2D eigenvalue weighted by Crippen LogP contribution is -2.12. The van der Waals surface area contributed by atoms with Gasteiger partial charge in [-0.2, -0.15) is 0 Å². The van der Waals surface area contributed by atoms with Crippen molar-refractivity contribution in [3.05, 3.63) is 42.0 Å². The maximum Gasteiger partial charge on any atom is 0.257 e. The standard InChI is InChI=1S/C20H22N2O4S/c1-4-5-8-26-14-6-7-17-18(12-14)27-20(21-17)22-19(23)13-9-15(24-2)11-16(10-13)25-3/h6-7,9-12H,4-5,8H2,1-3H3,(H,21,22,23). The Balaban J connectivity index is 1.77. The minimum Gasteiger partial charge on any atom is -0.497 e. The first-order valence-electron chi connectivity index (χ1n) is 8.70. The Morgan fingerprint density at radius 3 is 2.48 bits per heavy atom. The molecule has 0 aliphatic carbocycles. The fourth-order valence-electron chi connectivity index (χ4n) is 2.49. The van der Waals surface area contributed by atoms with Crippen molar-refractivity contribution in [3.8, 4) is 17.2 Å². The molecule has 0 fully saturated rings. The smallest absolute Gasteiger partial charge is 0.257 e. The highest BCUT2D eigenvalue weighted by Gasteiger charge is 2.13. The molecule has 0 aliphatic rings. The van der Waals surface area contributed by atoms with Crippen LogP contribution in [0.5, 0.6) is 17.2 Å². The van der Waals surface area contributed by atoms with Crippen LogP contribution >= 0.6 is 11.3 Å². The number of nitrogens with zero attached hydrogens (tertiary/aromatic N) is 1. The number of hydrogen-bond donors (Lipinski definition) is 1. The van der Waals surface area contributed by atoms with Crippen LogP contribution in [-0.4, -0.2) is 31.7 Å². The predicted octanol–water partition coefficient (Wildman–Crippen LogP) is 4.74. The quantitative estimate of drug-likeness (QED) is 0.566. The molecule has 3 aromatic rings. The van der Waals surface area contributed by atoms with Crippen molar-refractivity contribution in [2.24, 2.45) is 0 Å². The van der Waals surface area contributed by atoms with Crippen LogP contribution in [0.4, 0.5) is 5.13 Å². The summed E-state index contributed by atoms with van der Waals surface area (Å²) in [6, 6.07) is 10.8. The summed E-state index contributed by atoms with van der Waals surface area (Å²) < 4.78 is 17.1. The number of rotatable bonds is 8. The van der Waals surface area contributed by atoms with Crippen LogP contribution < -0.4 is 19.5 Å². The summed E-state index contributed by atoms with van der Waals surface area (Å²) in [7, 11) is 3.09. The highest BCUT2D eigenvalue weighted by molar-refractivity contribution is 7.22. The molecule has 0 saturated heterocycles. The lowest BCUT2D eigenvalue weighted by Gasteiger charge is -2.07. The topological polar surface area (TPSA) is 69.7 Å². The minimum absolute atomic E-state index is 0.273. The van der Waals surface area contributed by atoms with Gasteiger partial charge in [0.25, 0.3) is 5.91 Å². The molecule has 0 atom stereocenters. The van der Waals surface area contributed by atoms with Gasteiger partial charge >= 0.3 is 0 Å². The summed E-state index contributed by atoms with van der Waals surface area (Å²) in [5.41, 5.74) is 1.26. The summed E-state index contributed by atoms with van der Waals surface area (Å²) in [4.78, 5) is 17.1. The van der Waals surface area contributed by atoms with Crippen LogP contribution in [0.2, 0.25) is 0 Å². The van der Waals surface area contributed by atoms with Gasteiger partial charge in [0, 0.05) is 11.6 Å². The van der Waals surface area contributed by atoms with Crippen LogP contribution in [-0.2, 0) is 0 Å². The Morgan fingerprint density at radius 1 is 1.07 bits per heavy atom. The molecule has 0 bridgehead atoms. The Labute approximate surface area is 162 Å². The van der Waals surface area contributed by atoms with Crippen molar-refractivity contribution in [1.82, 2.24) is 4.98 Å². The molecule has 142 valence electrons. The third-order valence-corrected chi connectivity index (χ3v) is 4.89. The first kappa shape index (κ1) is 19.0. The van der Waals surface area contributed by atoms with Gasteiger partial charge in [0.15, 0.2) is 5.13 Å². The molecular formula is C20H22N2O4S. The fourth-order valence-corrected chi connectivity index (χ4v) is 3.38. The number of methoxy groups -OCH3 is 2. The van der Waals surface area contributed by atoms with Gasteiger partial charge < -0.3 is 14.2 Å². The SMILES string of the molecule is CCCCOc1ccc2nc(NC(=O)c3cc(OC)cc(OC)c3)sc2c1. The molecule has 6 nitrogen and oxygen atoms in total. The molecule has 27 heavy (non-hydrogen) atoms. The lowest BCUT2D eigenvalue weighted by molar-refractivity contribution is 0.102. The monoisotopic (exact) mass is 386 g/mol. The van der Waals surface area contributed by atoms with Crippen LogP contribution in [0.1, 0.15) is 30.1 Å². The number of benzene rings is 2. The highest BCUT2D eigenvalue weighted by Crippen LogP contribution is 2.30. The van der Waals surface area contributed by atoms with E-state index in [2.05, 4.69) is 17.2 Å². The molecule has 0 saturated carbocycles. The second kappa shape index (κ2) is 8.73. The molecule has 0 unspecified atom stereocenters. The van der Waals surface area contributed by atoms with Crippen molar-refractivity contribution in [3.63, 3.8) is 0 Å². The summed E-state index contributed by atoms with van der Waals surface area (Å²) in [5.74, 6) is 1.65. The number of carbonyl (C=O) groups is 1. The lowest BCUT2D eigenvalue weighted by atomic mass is 10.2. The predicted molar refractivity (Wildman–Crippen MR) is 108 cm³/mol. The number of unbranched alkanes of at least 4 members (excludes halogenated alkanes) is 1. The maximum absolute atomic E-state index is 12.6. The molecule has 1 heterocycles. The molecule has 1 aromatic heterocycles. The Bertz CT molecular complexity index is 917. The summed E-state index contributed by atoms with van der Waals surface area (Å²) in [6.07, 6.45) is 2.11. The van der Waals surface area contributed by atoms with E-state index in [0.717, 1.165) is 28.8 Å². The fraction of sp³-hybridized carbons (Fsp3) is 0.300. The molecule has 1 N–H and O–H groups in total. The van der Waals surface area contributed by atoms with E-state index in [-0.39, 0.29) is 5.91 Å². The first-order valence-corrected chi connectivity index (χ1v) is 9.52. The number of ether oxygens (including phenoxy) is 3. The minimum atomic E-state index is -0.273. The molecule has 0 aliphatic heterocycles. The second-order valence-electron chi connectivity index (χ2n) is 5.91. The van der Waals surface area contributed by atoms with E-state index in [1.54, 1.807) is 32.4 Å².